The van der Waals surface area contributed by atoms with Crippen molar-refractivity contribution in [2.24, 2.45) is 0 Å². The van der Waals surface area contributed by atoms with Gasteiger partial charge < -0.3 is 31.7 Å². The van der Waals surface area contributed by atoms with Gasteiger partial charge in [-0.2, -0.15) is 0 Å². The minimum atomic E-state index is -0.972. The Kier molecular flexibility index (Phi) is 8.10. The summed E-state index contributed by atoms with van der Waals surface area (Å²) in [5.41, 5.74) is 2.95. The van der Waals surface area contributed by atoms with Gasteiger partial charge in [0.1, 0.15) is 0 Å². The zero-order valence-electron chi connectivity index (χ0n) is 23.7. The third-order valence-corrected chi connectivity index (χ3v) is 7.35. The van der Waals surface area contributed by atoms with Gasteiger partial charge in [0.2, 0.25) is 0 Å². The molecule has 42 heavy (non-hydrogen) atoms. The number of hydrogen-bond donors (Lipinski definition) is 6. The lowest BCUT2D eigenvalue weighted by Gasteiger charge is -2.18. The molecular formula is C30H34F2N8O2. The van der Waals surface area contributed by atoms with Crippen LogP contribution in [0.1, 0.15) is 29.3 Å². The van der Waals surface area contributed by atoms with Gasteiger partial charge in [0.25, 0.3) is 5.91 Å². The van der Waals surface area contributed by atoms with Crippen LogP contribution in [0.3, 0.4) is 0 Å². The molecule has 2 atom stereocenters. The van der Waals surface area contributed by atoms with E-state index in [4.69, 9.17) is 0 Å². The number of nitrogens with one attached hydrogen (secondary N) is 5. The highest BCUT2D eigenvalue weighted by atomic mass is 19.2. The molecule has 2 aromatic carbocycles. The van der Waals surface area contributed by atoms with Crippen LogP contribution in [-0.4, -0.2) is 63.7 Å². The number of aliphatic hydroxyl groups is 1. The Bertz CT molecular complexity index is 1650. The molecule has 0 bridgehead atoms. The lowest BCUT2D eigenvalue weighted by Crippen LogP contribution is -2.36. The number of aryl methyl sites for hydroxylation is 1. The van der Waals surface area contributed by atoms with Crippen molar-refractivity contribution in [3.05, 3.63) is 84.0 Å². The van der Waals surface area contributed by atoms with E-state index in [0.29, 0.717) is 54.5 Å². The number of imidazole rings is 1. The number of hydrogen-bond acceptors (Lipinski definition) is 8. The van der Waals surface area contributed by atoms with Crippen molar-refractivity contribution in [1.29, 1.82) is 0 Å². The number of halogens is 2. The Morgan fingerprint density at radius 1 is 1.19 bits per heavy atom. The number of anilines is 3. The SMILES string of the molecule is C=C(NCCNC(=O)c1ccc(Nc2nccn3c(-c4ccc(NC)c(F)c4F)cnc23)cc1C)C1C[C@](C)(O)CN1. The molecule has 6 N–H and O–H groups in total. The van der Waals surface area contributed by atoms with Gasteiger partial charge in [-0.3, -0.25) is 9.20 Å². The Morgan fingerprint density at radius 2 is 1.98 bits per heavy atom. The zero-order chi connectivity index (χ0) is 30.0. The number of aromatic nitrogens is 3. The van der Waals surface area contributed by atoms with Gasteiger partial charge in [0, 0.05) is 67.6 Å². The highest BCUT2D eigenvalue weighted by Crippen LogP contribution is 2.31. The van der Waals surface area contributed by atoms with Crippen LogP contribution in [-0.2, 0) is 0 Å². The lowest BCUT2D eigenvalue weighted by molar-refractivity contribution is 0.0800. The number of β-amino-alcohol motifs (C(OH)–C–C–N with tert-alkyl or cyclic N) is 1. The molecule has 1 unspecified atom stereocenters. The summed E-state index contributed by atoms with van der Waals surface area (Å²) in [6.07, 6.45) is 5.22. The van der Waals surface area contributed by atoms with Gasteiger partial charge in [-0.05, 0) is 56.2 Å². The predicted molar refractivity (Wildman–Crippen MR) is 159 cm³/mol. The molecule has 1 aliphatic rings. The zero-order valence-corrected chi connectivity index (χ0v) is 23.7. The van der Waals surface area contributed by atoms with E-state index in [-0.39, 0.29) is 23.2 Å². The normalized spacial score (nSPS) is 18.2. The summed E-state index contributed by atoms with van der Waals surface area (Å²) < 4.78 is 30.9. The minimum Gasteiger partial charge on any atom is -0.389 e. The highest BCUT2D eigenvalue weighted by molar-refractivity contribution is 5.96. The summed E-state index contributed by atoms with van der Waals surface area (Å²) in [4.78, 5) is 21.6. The van der Waals surface area contributed by atoms with Crippen LogP contribution in [0, 0.1) is 18.6 Å². The summed E-state index contributed by atoms with van der Waals surface area (Å²) in [7, 11) is 1.52. The third kappa shape index (κ3) is 5.90. The van der Waals surface area contributed by atoms with Crippen molar-refractivity contribution < 1.29 is 18.7 Å². The molecule has 1 fully saturated rings. The van der Waals surface area contributed by atoms with Gasteiger partial charge in [-0.25, -0.2) is 18.7 Å². The Labute approximate surface area is 242 Å². The topological polar surface area (TPSA) is 128 Å². The second kappa shape index (κ2) is 11.7. The van der Waals surface area contributed by atoms with Crippen LogP contribution in [0.4, 0.5) is 26.0 Å². The molecule has 3 heterocycles. The standard InChI is InChI=1S/C30H34F2N8O2/c1-17-13-19(5-6-20(17)29(41)36-10-9-34-18(2)23-14-30(3,42)16-38-23)39-27-28-37-15-24(40(28)12-11-35-27)21-7-8-22(33-4)26(32)25(21)31/h5-8,11-13,15,23,33-34,38,42H,2,9-10,14,16H2,1,3-4H3,(H,35,39)(H,36,41)/t23?,30-/m0/s1. The minimum absolute atomic E-state index is 0.0130. The van der Waals surface area contributed by atoms with Crippen molar-refractivity contribution in [2.75, 3.05) is 37.3 Å². The molecule has 0 spiro atoms. The fourth-order valence-corrected chi connectivity index (χ4v) is 5.07. The first-order valence-electron chi connectivity index (χ1n) is 13.6. The van der Waals surface area contributed by atoms with Gasteiger partial charge in [0.05, 0.1) is 23.2 Å². The van der Waals surface area contributed by atoms with Gasteiger partial charge >= 0.3 is 0 Å². The van der Waals surface area contributed by atoms with E-state index < -0.39 is 17.2 Å². The fraction of sp³-hybridized carbons (Fsp3) is 0.300. The van der Waals surface area contributed by atoms with Crippen molar-refractivity contribution in [3.8, 4) is 11.3 Å². The average Bonchev–Trinajstić information content (AvgIpc) is 3.56. The van der Waals surface area contributed by atoms with Gasteiger partial charge in [0.15, 0.2) is 23.1 Å². The van der Waals surface area contributed by atoms with Crippen LogP contribution in [0.5, 0.6) is 0 Å². The number of benzene rings is 2. The average molecular weight is 577 g/mol. The number of nitrogens with zero attached hydrogens (tertiary/aromatic N) is 3. The van der Waals surface area contributed by atoms with E-state index >= 15 is 0 Å². The first-order valence-corrected chi connectivity index (χ1v) is 13.6. The first-order chi connectivity index (χ1) is 20.1. The van der Waals surface area contributed by atoms with Crippen molar-refractivity contribution >= 4 is 28.7 Å². The van der Waals surface area contributed by atoms with Crippen molar-refractivity contribution in [3.63, 3.8) is 0 Å². The van der Waals surface area contributed by atoms with Crippen LogP contribution in [0.25, 0.3) is 16.9 Å². The third-order valence-electron chi connectivity index (χ3n) is 7.35. The van der Waals surface area contributed by atoms with Gasteiger partial charge in [-0.1, -0.05) is 6.58 Å². The second-order valence-electron chi connectivity index (χ2n) is 10.6. The largest absolute Gasteiger partial charge is 0.389 e. The monoisotopic (exact) mass is 576 g/mol. The number of carbonyl (C=O) groups excluding carboxylic acids is 1. The number of carbonyl (C=O) groups is 1. The van der Waals surface area contributed by atoms with E-state index in [9.17, 15) is 18.7 Å². The molecule has 5 rings (SSSR count). The summed E-state index contributed by atoms with van der Waals surface area (Å²) in [5.74, 6) is -1.72. The van der Waals surface area contributed by atoms with Crippen LogP contribution >= 0.6 is 0 Å². The molecule has 1 saturated heterocycles. The number of amides is 1. The Hall–Kier alpha value is -4.55. The van der Waals surface area contributed by atoms with E-state index in [0.717, 1.165) is 11.3 Å². The van der Waals surface area contributed by atoms with E-state index in [1.54, 1.807) is 35.9 Å². The summed E-state index contributed by atoms with van der Waals surface area (Å²) in [6, 6.07) is 8.28. The van der Waals surface area contributed by atoms with E-state index in [2.05, 4.69) is 43.1 Å². The maximum absolute atomic E-state index is 14.8. The molecule has 0 saturated carbocycles. The van der Waals surface area contributed by atoms with Crippen molar-refractivity contribution in [2.45, 2.75) is 31.9 Å². The predicted octanol–water partition coefficient (Wildman–Crippen LogP) is 3.71. The molecule has 0 radical (unpaired) electrons. The first kappa shape index (κ1) is 29.0. The maximum atomic E-state index is 14.8. The smallest absolute Gasteiger partial charge is 0.251 e. The second-order valence-corrected chi connectivity index (χ2v) is 10.6. The molecule has 1 amide bonds. The fourth-order valence-electron chi connectivity index (χ4n) is 5.07. The van der Waals surface area contributed by atoms with Crippen LogP contribution < -0.4 is 26.6 Å². The summed E-state index contributed by atoms with van der Waals surface area (Å²) in [6.45, 7) is 9.08. The lowest BCUT2D eigenvalue weighted by atomic mass is 10.0. The Balaban J connectivity index is 1.23. The van der Waals surface area contributed by atoms with Gasteiger partial charge in [-0.15, -0.1) is 0 Å². The molecule has 10 nitrogen and oxygen atoms in total. The number of fused-ring (bicyclic) bond motifs is 1. The Morgan fingerprint density at radius 3 is 2.69 bits per heavy atom. The highest BCUT2D eigenvalue weighted by Gasteiger charge is 2.33. The summed E-state index contributed by atoms with van der Waals surface area (Å²) in [5, 5.41) is 25.3. The molecule has 12 heteroatoms. The van der Waals surface area contributed by atoms with Crippen molar-refractivity contribution in [1.82, 2.24) is 30.3 Å². The molecule has 0 aliphatic carbocycles. The van der Waals surface area contributed by atoms with E-state index in [1.807, 2.05) is 13.0 Å². The quantitative estimate of drug-likeness (QED) is 0.158. The molecule has 220 valence electrons. The van der Waals surface area contributed by atoms with Crippen LogP contribution in [0.15, 0.2) is 61.2 Å². The maximum Gasteiger partial charge on any atom is 0.251 e. The molecule has 2 aromatic heterocycles. The molecule has 1 aliphatic heterocycles. The number of rotatable bonds is 10. The van der Waals surface area contributed by atoms with Crippen LogP contribution in [0.2, 0.25) is 0 Å². The molecular weight excluding hydrogens is 542 g/mol. The molecule has 4 aromatic rings. The summed E-state index contributed by atoms with van der Waals surface area (Å²) >= 11 is 0. The van der Waals surface area contributed by atoms with E-state index in [1.165, 1.54) is 25.4 Å².